The molecule has 10 heteroatoms. The maximum absolute atomic E-state index is 12.6. The molecule has 0 aromatic carbocycles. The highest BCUT2D eigenvalue weighted by Crippen LogP contribution is 2.27. The maximum Gasteiger partial charge on any atom is 0.279 e. The van der Waals surface area contributed by atoms with E-state index in [1.807, 2.05) is 6.07 Å². The van der Waals surface area contributed by atoms with Gasteiger partial charge in [0, 0.05) is 38.4 Å². The van der Waals surface area contributed by atoms with Crippen molar-refractivity contribution in [3.8, 4) is 0 Å². The third-order valence-electron chi connectivity index (χ3n) is 4.79. The molecule has 2 saturated heterocycles. The van der Waals surface area contributed by atoms with Crippen LogP contribution in [0.15, 0.2) is 12.3 Å². The first kappa shape index (κ1) is 20.2. The van der Waals surface area contributed by atoms with Crippen molar-refractivity contribution in [2.45, 2.75) is 38.6 Å². The Morgan fingerprint density at radius 2 is 2.04 bits per heavy atom. The second kappa shape index (κ2) is 8.48. The van der Waals surface area contributed by atoms with E-state index in [0.717, 1.165) is 38.0 Å². The highest BCUT2D eigenvalue weighted by molar-refractivity contribution is 7.87. The lowest BCUT2D eigenvalue weighted by Gasteiger charge is -2.23. The summed E-state index contributed by atoms with van der Waals surface area (Å²) in [5, 5.41) is 0. The minimum absolute atomic E-state index is 0. The van der Waals surface area contributed by atoms with E-state index in [-0.39, 0.29) is 30.3 Å². The smallest absolute Gasteiger partial charge is 0.279 e. The lowest BCUT2D eigenvalue weighted by molar-refractivity contribution is 0.412. The van der Waals surface area contributed by atoms with Gasteiger partial charge in [0.15, 0.2) is 0 Å². The van der Waals surface area contributed by atoms with E-state index >= 15 is 0 Å². The SMILES string of the molecule is CCC[C@H]1CN(c2ccnc(N)n2)C[C@@H]1NS(=O)(=O)N1CCCC1.Cl. The summed E-state index contributed by atoms with van der Waals surface area (Å²) < 4.78 is 29.7. The molecule has 1 aromatic rings. The van der Waals surface area contributed by atoms with Crippen LogP contribution in [0, 0.1) is 5.92 Å². The molecule has 8 nitrogen and oxygen atoms in total. The minimum atomic E-state index is -3.41. The summed E-state index contributed by atoms with van der Waals surface area (Å²) >= 11 is 0. The Morgan fingerprint density at radius 3 is 2.68 bits per heavy atom. The van der Waals surface area contributed by atoms with Gasteiger partial charge in [0.1, 0.15) is 5.82 Å². The molecule has 2 fully saturated rings. The standard InChI is InChI=1S/C15H26N6O2S.ClH/c1-2-5-12-10-20(14-6-7-17-15(16)18-14)11-13(12)19-24(22,23)21-8-3-4-9-21;/h6-7,12-13,19H,2-5,8-11H2,1H3,(H2,16,17,18);1H/t12-,13-;/m0./s1. The zero-order valence-corrected chi connectivity index (χ0v) is 16.1. The van der Waals surface area contributed by atoms with Crippen LogP contribution in [0.5, 0.6) is 0 Å². The van der Waals surface area contributed by atoms with Crippen molar-refractivity contribution in [3.63, 3.8) is 0 Å². The highest BCUT2D eigenvalue weighted by Gasteiger charge is 2.37. The van der Waals surface area contributed by atoms with E-state index in [0.29, 0.717) is 19.6 Å². The van der Waals surface area contributed by atoms with Crippen molar-refractivity contribution in [1.82, 2.24) is 19.0 Å². The van der Waals surface area contributed by atoms with E-state index in [1.165, 1.54) is 0 Å². The first-order valence-electron chi connectivity index (χ1n) is 8.60. The summed E-state index contributed by atoms with van der Waals surface area (Å²) in [5.74, 6) is 1.26. The third-order valence-corrected chi connectivity index (χ3v) is 6.43. The Bertz CT molecular complexity index is 668. The first-order chi connectivity index (χ1) is 11.5. The van der Waals surface area contributed by atoms with Gasteiger partial charge in [0.25, 0.3) is 10.2 Å². The molecular formula is C15H27ClN6O2S. The predicted octanol–water partition coefficient (Wildman–Crippen LogP) is 1.02. The van der Waals surface area contributed by atoms with Crippen molar-refractivity contribution >= 4 is 34.4 Å². The van der Waals surface area contributed by atoms with Crippen molar-refractivity contribution in [2.24, 2.45) is 5.92 Å². The number of hydrogen-bond acceptors (Lipinski definition) is 6. The van der Waals surface area contributed by atoms with Crippen LogP contribution in [0.25, 0.3) is 0 Å². The average molecular weight is 391 g/mol. The molecule has 0 unspecified atom stereocenters. The normalized spacial score (nSPS) is 24.4. The average Bonchev–Trinajstić information content (AvgIpc) is 3.18. The predicted molar refractivity (Wildman–Crippen MR) is 101 cm³/mol. The Hall–Kier alpha value is -1.16. The number of nitrogens with zero attached hydrogens (tertiary/aromatic N) is 4. The Labute approximate surface area is 155 Å². The lowest BCUT2D eigenvalue weighted by atomic mass is 9.99. The van der Waals surface area contributed by atoms with Gasteiger partial charge in [-0.3, -0.25) is 0 Å². The molecule has 2 atom stereocenters. The summed E-state index contributed by atoms with van der Waals surface area (Å²) in [6.45, 7) is 4.74. The molecule has 0 saturated carbocycles. The Kier molecular flexibility index (Phi) is 6.84. The molecule has 25 heavy (non-hydrogen) atoms. The minimum Gasteiger partial charge on any atom is -0.368 e. The van der Waals surface area contributed by atoms with Gasteiger partial charge in [-0.1, -0.05) is 13.3 Å². The van der Waals surface area contributed by atoms with Crippen LogP contribution < -0.4 is 15.4 Å². The van der Waals surface area contributed by atoms with Crippen molar-refractivity contribution in [2.75, 3.05) is 36.8 Å². The summed E-state index contributed by atoms with van der Waals surface area (Å²) in [4.78, 5) is 10.3. The van der Waals surface area contributed by atoms with Crippen LogP contribution in [0.1, 0.15) is 32.6 Å². The van der Waals surface area contributed by atoms with E-state index in [2.05, 4.69) is 26.5 Å². The highest BCUT2D eigenvalue weighted by atomic mass is 35.5. The molecule has 0 aliphatic carbocycles. The molecule has 0 spiro atoms. The number of nitrogens with two attached hydrogens (primary N) is 1. The van der Waals surface area contributed by atoms with Crippen LogP contribution in [0.4, 0.5) is 11.8 Å². The van der Waals surface area contributed by atoms with Crippen molar-refractivity contribution < 1.29 is 8.42 Å². The van der Waals surface area contributed by atoms with E-state index in [9.17, 15) is 8.42 Å². The zero-order valence-electron chi connectivity index (χ0n) is 14.5. The van der Waals surface area contributed by atoms with Gasteiger partial charge in [-0.25, -0.2) is 4.98 Å². The number of nitrogen functional groups attached to an aromatic ring is 1. The van der Waals surface area contributed by atoms with Gasteiger partial charge < -0.3 is 10.6 Å². The number of aromatic nitrogens is 2. The van der Waals surface area contributed by atoms with Gasteiger partial charge >= 0.3 is 0 Å². The molecule has 142 valence electrons. The molecule has 2 aliphatic heterocycles. The number of anilines is 2. The lowest BCUT2D eigenvalue weighted by Crippen LogP contribution is -2.47. The molecule has 3 N–H and O–H groups in total. The largest absolute Gasteiger partial charge is 0.368 e. The number of halogens is 1. The van der Waals surface area contributed by atoms with E-state index < -0.39 is 10.2 Å². The van der Waals surface area contributed by atoms with Gasteiger partial charge in [-0.05, 0) is 31.2 Å². The first-order valence-corrected chi connectivity index (χ1v) is 10.0. The molecule has 0 amide bonds. The molecular weight excluding hydrogens is 364 g/mol. The fourth-order valence-corrected chi connectivity index (χ4v) is 5.13. The molecule has 2 aliphatic rings. The van der Waals surface area contributed by atoms with Crippen molar-refractivity contribution in [3.05, 3.63) is 12.3 Å². The fourth-order valence-electron chi connectivity index (χ4n) is 3.59. The van der Waals surface area contributed by atoms with Crippen LogP contribution in [0.3, 0.4) is 0 Å². The van der Waals surface area contributed by atoms with Crippen LogP contribution >= 0.6 is 12.4 Å². The van der Waals surface area contributed by atoms with E-state index in [1.54, 1.807) is 10.5 Å². The Balaban J connectivity index is 0.00000225. The Morgan fingerprint density at radius 1 is 1.32 bits per heavy atom. The molecule has 3 heterocycles. The van der Waals surface area contributed by atoms with Crippen LogP contribution in [0.2, 0.25) is 0 Å². The molecule has 0 bridgehead atoms. The number of rotatable bonds is 6. The summed E-state index contributed by atoms with van der Waals surface area (Å²) in [5.41, 5.74) is 5.67. The summed E-state index contributed by atoms with van der Waals surface area (Å²) in [6.07, 6.45) is 5.51. The number of nitrogens with one attached hydrogen (secondary N) is 1. The van der Waals surface area contributed by atoms with Gasteiger partial charge in [-0.2, -0.15) is 22.4 Å². The topological polar surface area (TPSA) is 104 Å². The summed E-state index contributed by atoms with van der Waals surface area (Å²) in [7, 11) is -3.41. The van der Waals surface area contributed by atoms with Gasteiger partial charge in [-0.15, -0.1) is 12.4 Å². The number of hydrogen-bond donors (Lipinski definition) is 2. The monoisotopic (exact) mass is 390 g/mol. The van der Waals surface area contributed by atoms with Crippen molar-refractivity contribution in [1.29, 1.82) is 0 Å². The van der Waals surface area contributed by atoms with Crippen LogP contribution in [-0.4, -0.2) is 54.9 Å². The second-order valence-corrected chi connectivity index (χ2v) is 8.26. The molecule has 0 radical (unpaired) electrons. The van der Waals surface area contributed by atoms with Crippen LogP contribution in [-0.2, 0) is 10.2 Å². The third kappa shape index (κ3) is 4.72. The van der Waals surface area contributed by atoms with Gasteiger partial charge in [0.2, 0.25) is 5.95 Å². The second-order valence-electron chi connectivity index (χ2n) is 6.56. The summed E-state index contributed by atoms with van der Waals surface area (Å²) in [6, 6.07) is 1.71. The quantitative estimate of drug-likeness (QED) is 0.751. The van der Waals surface area contributed by atoms with Gasteiger partial charge in [0.05, 0.1) is 0 Å². The zero-order chi connectivity index (χ0) is 17.2. The molecule has 1 aromatic heterocycles. The molecule has 3 rings (SSSR count). The van der Waals surface area contributed by atoms with E-state index in [4.69, 9.17) is 5.73 Å². The maximum atomic E-state index is 12.6. The fraction of sp³-hybridized carbons (Fsp3) is 0.733.